The predicted molar refractivity (Wildman–Crippen MR) is 189 cm³/mol. The van der Waals surface area contributed by atoms with Crippen LogP contribution in [0.3, 0.4) is 0 Å². The second-order valence-corrected chi connectivity index (χ2v) is 11.8. The van der Waals surface area contributed by atoms with Gasteiger partial charge in [-0.2, -0.15) is 0 Å². The van der Waals surface area contributed by atoms with E-state index in [0.29, 0.717) is 0 Å². The molecular formula is C42H25N3. The summed E-state index contributed by atoms with van der Waals surface area (Å²) >= 11 is 0. The number of hydrogen-bond donors (Lipinski definition) is 0. The molecule has 0 radical (unpaired) electrons. The molecule has 3 nitrogen and oxygen atoms in total. The zero-order chi connectivity index (χ0) is 29.5. The normalized spacial score (nSPS) is 12.0. The molecule has 2 heterocycles. The van der Waals surface area contributed by atoms with E-state index in [1.54, 1.807) is 0 Å². The SMILES string of the molecule is c1ccc2cc3c(cc2c1)c1ccccc1n3-c1nnc(-c2ccc3c4ccccc4c4ccccc4c3c2)c2ccccc12. The number of nitrogens with zero attached hydrogens (tertiary/aromatic N) is 3. The summed E-state index contributed by atoms with van der Waals surface area (Å²) < 4.78 is 2.29. The molecular weight excluding hydrogens is 546 g/mol. The van der Waals surface area contributed by atoms with Crippen LogP contribution in [0.2, 0.25) is 0 Å². The van der Waals surface area contributed by atoms with Crippen LogP contribution < -0.4 is 0 Å². The molecule has 0 atom stereocenters. The first-order valence-corrected chi connectivity index (χ1v) is 15.3. The first-order valence-electron chi connectivity index (χ1n) is 15.3. The van der Waals surface area contributed by atoms with Gasteiger partial charge in [-0.25, -0.2) is 0 Å². The maximum Gasteiger partial charge on any atom is 0.168 e. The minimum absolute atomic E-state index is 0.841. The van der Waals surface area contributed by atoms with Crippen molar-refractivity contribution in [1.29, 1.82) is 0 Å². The quantitative estimate of drug-likeness (QED) is 0.193. The minimum Gasteiger partial charge on any atom is -0.292 e. The van der Waals surface area contributed by atoms with Crippen LogP contribution in [-0.2, 0) is 0 Å². The van der Waals surface area contributed by atoms with Crippen molar-refractivity contribution in [2.75, 3.05) is 0 Å². The second-order valence-electron chi connectivity index (χ2n) is 11.8. The smallest absolute Gasteiger partial charge is 0.168 e. The van der Waals surface area contributed by atoms with Crippen molar-refractivity contribution in [1.82, 2.24) is 14.8 Å². The van der Waals surface area contributed by atoms with Gasteiger partial charge in [0.2, 0.25) is 0 Å². The van der Waals surface area contributed by atoms with Crippen molar-refractivity contribution in [2.45, 2.75) is 0 Å². The molecule has 0 saturated carbocycles. The van der Waals surface area contributed by atoms with E-state index in [0.717, 1.165) is 38.9 Å². The topological polar surface area (TPSA) is 30.7 Å². The third-order valence-electron chi connectivity index (χ3n) is 9.44. The van der Waals surface area contributed by atoms with Gasteiger partial charge in [-0.15, -0.1) is 10.2 Å². The van der Waals surface area contributed by atoms with Crippen LogP contribution in [0.1, 0.15) is 0 Å². The Balaban J connectivity index is 1.26. The number of fused-ring (bicyclic) bond motifs is 11. The summed E-state index contributed by atoms with van der Waals surface area (Å²) in [5.74, 6) is 0.841. The summed E-state index contributed by atoms with van der Waals surface area (Å²) in [5.41, 5.74) is 4.20. The van der Waals surface area contributed by atoms with Crippen LogP contribution in [0.4, 0.5) is 0 Å². The maximum absolute atomic E-state index is 5.01. The van der Waals surface area contributed by atoms with Gasteiger partial charge in [-0.3, -0.25) is 4.57 Å². The summed E-state index contributed by atoms with van der Waals surface area (Å²) in [4.78, 5) is 0. The van der Waals surface area contributed by atoms with Gasteiger partial charge in [0.05, 0.1) is 11.0 Å². The molecule has 10 aromatic rings. The van der Waals surface area contributed by atoms with Gasteiger partial charge in [0.25, 0.3) is 0 Å². The zero-order valence-corrected chi connectivity index (χ0v) is 24.3. The molecule has 0 unspecified atom stereocenters. The van der Waals surface area contributed by atoms with E-state index in [1.165, 1.54) is 53.9 Å². The first-order chi connectivity index (χ1) is 22.3. The van der Waals surface area contributed by atoms with Gasteiger partial charge in [0, 0.05) is 27.1 Å². The third-order valence-corrected chi connectivity index (χ3v) is 9.44. The van der Waals surface area contributed by atoms with Gasteiger partial charge < -0.3 is 0 Å². The highest BCUT2D eigenvalue weighted by molar-refractivity contribution is 6.26. The van der Waals surface area contributed by atoms with Crippen molar-refractivity contribution >= 4 is 75.7 Å². The van der Waals surface area contributed by atoms with E-state index in [1.807, 2.05) is 0 Å². The van der Waals surface area contributed by atoms with Gasteiger partial charge in [-0.1, -0.05) is 127 Å². The van der Waals surface area contributed by atoms with E-state index in [4.69, 9.17) is 10.2 Å². The van der Waals surface area contributed by atoms with E-state index < -0.39 is 0 Å². The molecule has 0 fully saturated rings. The van der Waals surface area contributed by atoms with Crippen molar-refractivity contribution in [3.05, 3.63) is 152 Å². The number of hydrogen-bond acceptors (Lipinski definition) is 2. The van der Waals surface area contributed by atoms with Crippen LogP contribution in [-0.4, -0.2) is 14.8 Å². The monoisotopic (exact) mass is 571 g/mol. The third kappa shape index (κ3) is 3.46. The molecule has 0 aliphatic carbocycles. The molecule has 0 aliphatic rings. The van der Waals surface area contributed by atoms with E-state index in [-0.39, 0.29) is 0 Å². The van der Waals surface area contributed by atoms with Crippen molar-refractivity contribution in [3.8, 4) is 17.1 Å². The predicted octanol–water partition coefficient (Wildman–Crippen LogP) is 11.0. The lowest BCUT2D eigenvalue weighted by Crippen LogP contribution is -2.02. The van der Waals surface area contributed by atoms with Gasteiger partial charge in [-0.05, 0) is 67.4 Å². The molecule has 3 heteroatoms. The highest BCUT2D eigenvalue weighted by Crippen LogP contribution is 2.40. The van der Waals surface area contributed by atoms with Crippen LogP contribution in [0.15, 0.2) is 152 Å². The van der Waals surface area contributed by atoms with Gasteiger partial charge in [0.1, 0.15) is 5.69 Å². The fourth-order valence-electron chi connectivity index (χ4n) is 7.41. The Morgan fingerprint density at radius 3 is 1.58 bits per heavy atom. The molecule has 0 saturated heterocycles. The Kier molecular flexibility index (Phi) is 5.00. The van der Waals surface area contributed by atoms with Crippen molar-refractivity contribution in [2.24, 2.45) is 0 Å². The number of aromatic nitrogens is 3. The average molecular weight is 572 g/mol. The largest absolute Gasteiger partial charge is 0.292 e. The van der Waals surface area contributed by atoms with Crippen LogP contribution in [0.25, 0.3) is 92.7 Å². The molecule has 0 N–H and O–H groups in total. The maximum atomic E-state index is 5.01. The fraction of sp³-hybridized carbons (Fsp3) is 0. The molecule has 208 valence electrons. The van der Waals surface area contributed by atoms with Crippen LogP contribution >= 0.6 is 0 Å². The Morgan fingerprint density at radius 2 is 0.867 bits per heavy atom. The zero-order valence-electron chi connectivity index (χ0n) is 24.3. The summed E-state index contributed by atoms with van der Waals surface area (Å²) in [6.07, 6.45) is 0. The highest BCUT2D eigenvalue weighted by atomic mass is 15.2. The average Bonchev–Trinajstić information content (AvgIpc) is 3.43. The molecule has 45 heavy (non-hydrogen) atoms. The fourth-order valence-corrected chi connectivity index (χ4v) is 7.41. The first kappa shape index (κ1) is 24.4. The van der Waals surface area contributed by atoms with E-state index in [2.05, 4.69) is 156 Å². The van der Waals surface area contributed by atoms with Gasteiger partial charge in [0.15, 0.2) is 5.82 Å². The van der Waals surface area contributed by atoms with E-state index >= 15 is 0 Å². The summed E-state index contributed by atoms with van der Waals surface area (Å²) in [6, 6.07) is 54.4. The standard InChI is InChI=1S/C42H25N3/c1-2-12-27-25-40-38(23-26(27)11-1)34-17-9-10-20-39(34)45(40)42-36-19-8-7-18-35(36)41(43-44-42)28-21-22-33-31-15-4-3-13-29(31)30-14-5-6-16-32(30)37(33)24-28/h1-25H. The highest BCUT2D eigenvalue weighted by Gasteiger charge is 2.19. The molecule has 0 bridgehead atoms. The molecule has 0 spiro atoms. The summed E-state index contributed by atoms with van der Waals surface area (Å²) in [6.45, 7) is 0. The molecule has 0 aliphatic heterocycles. The summed E-state index contributed by atoms with van der Waals surface area (Å²) in [5, 5.41) is 24.6. The van der Waals surface area contributed by atoms with Crippen molar-refractivity contribution in [3.63, 3.8) is 0 Å². The Hall–Kier alpha value is -6.06. The Labute approximate surface area is 258 Å². The van der Waals surface area contributed by atoms with Crippen LogP contribution in [0.5, 0.6) is 0 Å². The molecule has 8 aromatic carbocycles. The summed E-state index contributed by atoms with van der Waals surface area (Å²) in [7, 11) is 0. The minimum atomic E-state index is 0.841. The number of rotatable bonds is 2. The lowest BCUT2D eigenvalue weighted by atomic mass is 9.92. The molecule has 10 rings (SSSR count). The molecule has 2 aromatic heterocycles. The number of benzene rings is 8. The number of para-hydroxylation sites is 1. The van der Waals surface area contributed by atoms with E-state index in [9.17, 15) is 0 Å². The Morgan fingerprint density at radius 1 is 0.333 bits per heavy atom. The molecule has 0 amide bonds. The Bertz CT molecular complexity index is 2790. The van der Waals surface area contributed by atoms with Crippen LogP contribution in [0, 0.1) is 0 Å². The lowest BCUT2D eigenvalue weighted by molar-refractivity contribution is 0.977. The lowest BCUT2D eigenvalue weighted by Gasteiger charge is -2.14. The van der Waals surface area contributed by atoms with Crippen molar-refractivity contribution < 1.29 is 0 Å². The second kappa shape index (κ2) is 9.22. The van der Waals surface area contributed by atoms with Gasteiger partial charge >= 0.3 is 0 Å².